The van der Waals surface area contributed by atoms with Gasteiger partial charge in [-0.15, -0.1) is 11.8 Å². The van der Waals surface area contributed by atoms with Crippen molar-refractivity contribution >= 4 is 45.0 Å². The van der Waals surface area contributed by atoms with E-state index in [-0.39, 0.29) is 17.2 Å². The second-order valence-corrected chi connectivity index (χ2v) is 10.7. The van der Waals surface area contributed by atoms with Gasteiger partial charge in [-0.3, -0.25) is 4.79 Å². The van der Waals surface area contributed by atoms with Gasteiger partial charge in [-0.05, 0) is 42.0 Å². The molecule has 3 aromatic rings. The molecule has 0 radical (unpaired) electrons. The molecule has 0 bridgehead atoms. The van der Waals surface area contributed by atoms with Crippen molar-refractivity contribution < 1.29 is 22.7 Å². The van der Waals surface area contributed by atoms with Gasteiger partial charge in [-0.2, -0.15) is 4.31 Å². The summed E-state index contributed by atoms with van der Waals surface area (Å²) in [5, 5.41) is 3.49. The molecule has 0 aromatic heterocycles. The lowest BCUT2D eigenvalue weighted by atomic mass is 10.2. The van der Waals surface area contributed by atoms with Crippen LogP contribution in [0.2, 0.25) is 5.02 Å². The lowest BCUT2D eigenvalue weighted by Crippen LogP contribution is -2.35. The molecule has 3 rings (SSSR count). The number of carbonyl (C=O) groups is 1. The Hall–Kier alpha value is -2.72. The quantitative estimate of drug-likeness (QED) is 0.382. The van der Waals surface area contributed by atoms with Crippen LogP contribution in [0.25, 0.3) is 0 Å². The maximum atomic E-state index is 13.0. The number of likely N-dealkylation sites (N-methyl/N-ethyl adjacent to an activating group) is 1. The number of amides is 1. The normalized spacial score (nSPS) is 11.3. The van der Waals surface area contributed by atoms with Gasteiger partial charge < -0.3 is 14.8 Å². The summed E-state index contributed by atoms with van der Waals surface area (Å²) in [6.07, 6.45) is 0. The molecule has 0 saturated heterocycles. The molecule has 34 heavy (non-hydrogen) atoms. The van der Waals surface area contributed by atoms with Crippen LogP contribution in [0.5, 0.6) is 11.5 Å². The molecule has 180 valence electrons. The number of thioether (sulfide) groups is 1. The zero-order chi connectivity index (χ0) is 24.7. The first kappa shape index (κ1) is 25.9. The van der Waals surface area contributed by atoms with Crippen LogP contribution in [0.15, 0.2) is 76.5 Å². The Morgan fingerprint density at radius 2 is 1.68 bits per heavy atom. The number of sulfonamides is 1. The van der Waals surface area contributed by atoms with Crippen LogP contribution in [0, 0.1) is 0 Å². The van der Waals surface area contributed by atoms with Crippen molar-refractivity contribution in [1.82, 2.24) is 4.31 Å². The van der Waals surface area contributed by atoms with E-state index in [1.807, 2.05) is 42.5 Å². The molecule has 1 amide bonds. The van der Waals surface area contributed by atoms with Gasteiger partial charge in [0, 0.05) is 28.8 Å². The van der Waals surface area contributed by atoms with E-state index in [0.717, 1.165) is 14.8 Å². The Kier molecular flexibility index (Phi) is 8.84. The van der Waals surface area contributed by atoms with E-state index in [1.165, 1.54) is 39.5 Å². The lowest BCUT2D eigenvalue weighted by Gasteiger charge is -2.18. The molecule has 10 heteroatoms. The monoisotopic (exact) mass is 520 g/mol. The summed E-state index contributed by atoms with van der Waals surface area (Å²) in [4.78, 5) is 13.6. The maximum Gasteiger partial charge on any atom is 0.243 e. The second kappa shape index (κ2) is 11.6. The first-order chi connectivity index (χ1) is 16.2. The Balaban J connectivity index is 1.67. The number of para-hydroxylation sites is 1. The second-order valence-electron chi connectivity index (χ2n) is 7.24. The van der Waals surface area contributed by atoms with Crippen LogP contribution < -0.4 is 14.8 Å². The Labute approximate surface area is 209 Å². The average Bonchev–Trinajstić information content (AvgIpc) is 2.83. The standard InChI is InChI=1S/C24H25ClN2O5S2/c1-27(34(29,30)19-12-13-21(31-2)22(14-19)32-3)15-24(28)26-20-6-4-5-7-23(20)33-16-17-8-10-18(25)11-9-17/h4-14H,15-16H2,1-3H3,(H,26,28). The van der Waals surface area contributed by atoms with E-state index in [0.29, 0.717) is 22.2 Å². The summed E-state index contributed by atoms with van der Waals surface area (Å²) in [6.45, 7) is -0.354. The minimum atomic E-state index is -3.92. The van der Waals surface area contributed by atoms with Crippen molar-refractivity contribution in [3.63, 3.8) is 0 Å². The molecule has 0 unspecified atom stereocenters. The molecule has 0 atom stereocenters. The molecule has 3 aromatic carbocycles. The summed E-state index contributed by atoms with van der Waals surface area (Å²) in [5.74, 6) is 0.936. The van der Waals surface area contributed by atoms with Crippen LogP contribution >= 0.6 is 23.4 Å². The third kappa shape index (κ3) is 6.44. The summed E-state index contributed by atoms with van der Waals surface area (Å²) in [7, 11) is 0.322. The highest BCUT2D eigenvalue weighted by Gasteiger charge is 2.24. The van der Waals surface area contributed by atoms with E-state index in [4.69, 9.17) is 21.1 Å². The lowest BCUT2D eigenvalue weighted by molar-refractivity contribution is -0.116. The van der Waals surface area contributed by atoms with E-state index >= 15 is 0 Å². The Bertz CT molecular complexity index is 1250. The van der Waals surface area contributed by atoms with Gasteiger partial charge in [0.2, 0.25) is 15.9 Å². The SMILES string of the molecule is COc1ccc(S(=O)(=O)N(C)CC(=O)Nc2ccccc2SCc2ccc(Cl)cc2)cc1OC. The number of carbonyl (C=O) groups excluding carboxylic acids is 1. The van der Waals surface area contributed by atoms with Crippen molar-refractivity contribution in [3.8, 4) is 11.5 Å². The highest BCUT2D eigenvalue weighted by molar-refractivity contribution is 7.98. The predicted octanol–water partition coefficient (Wildman–Crippen LogP) is 4.91. The van der Waals surface area contributed by atoms with E-state index in [2.05, 4.69) is 5.32 Å². The van der Waals surface area contributed by atoms with E-state index in [9.17, 15) is 13.2 Å². The number of hydrogen-bond acceptors (Lipinski definition) is 6. The molecular formula is C24H25ClN2O5S2. The van der Waals surface area contributed by atoms with Crippen molar-refractivity contribution in [2.45, 2.75) is 15.5 Å². The number of hydrogen-bond donors (Lipinski definition) is 1. The highest BCUT2D eigenvalue weighted by Crippen LogP contribution is 2.31. The first-order valence-electron chi connectivity index (χ1n) is 10.2. The van der Waals surface area contributed by atoms with Crippen molar-refractivity contribution in [2.75, 3.05) is 33.1 Å². The Morgan fingerprint density at radius 1 is 1.00 bits per heavy atom. The molecule has 0 spiro atoms. The number of nitrogens with zero attached hydrogens (tertiary/aromatic N) is 1. The molecule has 0 heterocycles. The average molecular weight is 521 g/mol. The fourth-order valence-corrected chi connectivity index (χ4v) is 5.30. The van der Waals surface area contributed by atoms with Crippen molar-refractivity contribution in [2.24, 2.45) is 0 Å². The van der Waals surface area contributed by atoms with Gasteiger partial charge in [-0.1, -0.05) is 35.9 Å². The molecule has 0 aliphatic rings. The van der Waals surface area contributed by atoms with Gasteiger partial charge in [0.15, 0.2) is 11.5 Å². The van der Waals surface area contributed by atoms with Crippen molar-refractivity contribution in [1.29, 1.82) is 0 Å². The van der Waals surface area contributed by atoms with E-state index in [1.54, 1.807) is 17.8 Å². The van der Waals surface area contributed by atoms with Gasteiger partial charge >= 0.3 is 0 Å². The van der Waals surface area contributed by atoms with Crippen LogP contribution in [0.1, 0.15) is 5.56 Å². The number of halogens is 1. The third-order valence-electron chi connectivity index (χ3n) is 4.90. The van der Waals surface area contributed by atoms with Crippen LogP contribution in [0.4, 0.5) is 5.69 Å². The molecule has 0 aliphatic heterocycles. The molecule has 1 N–H and O–H groups in total. The zero-order valence-corrected chi connectivity index (χ0v) is 21.3. The summed E-state index contributed by atoms with van der Waals surface area (Å²) < 4.78 is 37.3. The number of benzene rings is 3. The van der Waals surface area contributed by atoms with Crippen LogP contribution in [0.3, 0.4) is 0 Å². The fraction of sp³-hybridized carbons (Fsp3) is 0.208. The minimum absolute atomic E-state index is 0.000583. The van der Waals surface area contributed by atoms with Gasteiger partial charge in [-0.25, -0.2) is 8.42 Å². The van der Waals surface area contributed by atoms with Crippen molar-refractivity contribution in [3.05, 3.63) is 77.3 Å². The number of methoxy groups -OCH3 is 2. The van der Waals surface area contributed by atoms with Gasteiger partial charge in [0.05, 0.1) is 31.3 Å². The smallest absolute Gasteiger partial charge is 0.243 e. The van der Waals surface area contributed by atoms with Crippen LogP contribution in [-0.4, -0.2) is 46.4 Å². The van der Waals surface area contributed by atoms with Gasteiger partial charge in [0.1, 0.15) is 0 Å². The van der Waals surface area contributed by atoms with Gasteiger partial charge in [0.25, 0.3) is 0 Å². The summed E-state index contributed by atoms with van der Waals surface area (Å²) in [6, 6.07) is 19.2. The topological polar surface area (TPSA) is 84.9 Å². The largest absolute Gasteiger partial charge is 0.493 e. The third-order valence-corrected chi connectivity index (χ3v) is 8.09. The first-order valence-corrected chi connectivity index (χ1v) is 13.0. The summed E-state index contributed by atoms with van der Waals surface area (Å²) >= 11 is 7.50. The van der Waals surface area contributed by atoms with E-state index < -0.39 is 15.9 Å². The molecular weight excluding hydrogens is 496 g/mol. The predicted molar refractivity (Wildman–Crippen MR) is 135 cm³/mol. The molecule has 7 nitrogen and oxygen atoms in total. The number of ether oxygens (including phenoxy) is 2. The molecule has 0 fully saturated rings. The summed E-state index contributed by atoms with van der Waals surface area (Å²) in [5.41, 5.74) is 1.71. The molecule has 0 saturated carbocycles. The number of anilines is 1. The minimum Gasteiger partial charge on any atom is -0.493 e. The maximum absolute atomic E-state index is 13.0. The Morgan fingerprint density at radius 3 is 2.35 bits per heavy atom. The zero-order valence-electron chi connectivity index (χ0n) is 18.9. The fourth-order valence-electron chi connectivity index (χ4n) is 3.07. The van der Waals surface area contributed by atoms with Crippen LogP contribution in [-0.2, 0) is 20.6 Å². The number of rotatable bonds is 10. The highest BCUT2D eigenvalue weighted by atomic mass is 35.5. The number of nitrogens with one attached hydrogen (secondary N) is 1. The molecule has 0 aliphatic carbocycles.